The molecule has 8 nitrogen and oxygen atoms in total. The van der Waals surface area contributed by atoms with Gasteiger partial charge in [0.05, 0.1) is 18.6 Å². The van der Waals surface area contributed by atoms with Gasteiger partial charge >= 0.3 is 6.09 Å². The minimum absolute atomic E-state index is 0.0610. The molecule has 2 heterocycles. The molecule has 180 valence electrons. The topological polar surface area (TPSA) is 93.9 Å². The van der Waals surface area contributed by atoms with Crippen molar-refractivity contribution in [2.24, 2.45) is 5.18 Å². The molecule has 0 spiro atoms. The van der Waals surface area contributed by atoms with Crippen LogP contribution in [-0.2, 0) is 15.1 Å². The summed E-state index contributed by atoms with van der Waals surface area (Å²) >= 11 is 0. The molecule has 0 saturated carbocycles. The van der Waals surface area contributed by atoms with Gasteiger partial charge in [-0.2, -0.15) is 0 Å². The maximum absolute atomic E-state index is 14.2. The smallest absolute Gasteiger partial charge is 0.417 e. The summed E-state index contributed by atoms with van der Waals surface area (Å²) < 4.78 is 7.15. The maximum Gasteiger partial charge on any atom is 0.417 e. The van der Waals surface area contributed by atoms with Crippen molar-refractivity contribution in [3.63, 3.8) is 0 Å². The second-order valence-electron chi connectivity index (χ2n) is 8.88. The number of aromatic nitrogens is 2. The summed E-state index contributed by atoms with van der Waals surface area (Å²) in [7, 11) is 0. The molecule has 4 aromatic rings. The van der Waals surface area contributed by atoms with E-state index in [9.17, 15) is 14.5 Å². The van der Waals surface area contributed by atoms with Gasteiger partial charge in [-0.25, -0.2) is 14.7 Å². The molecule has 1 aromatic heterocycles. The molecule has 1 saturated heterocycles. The van der Waals surface area contributed by atoms with E-state index in [0.717, 1.165) is 21.6 Å². The van der Waals surface area contributed by atoms with Crippen LogP contribution >= 0.6 is 0 Å². The van der Waals surface area contributed by atoms with Crippen molar-refractivity contribution in [2.75, 3.05) is 0 Å². The molecule has 3 atom stereocenters. The molecule has 1 unspecified atom stereocenters. The number of imidazole rings is 1. The summed E-state index contributed by atoms with van der Waals surface area (Å²) in [6, 6.07) is 26.2. The van der Waals surface area contributed by atoms with Gasteiger partial charge in [-0.15, -0.1) is 4.91 Å². The highest BCUT2D eigenvalue weighted by atomic mass is 16.6. The van der Waals surface area contributed by atoms with Crippen molar-refractivity contribution in [3.8, 4) is 11.1 Å². The molecule has 5 rings (SSSR count). The van der Waals surface area contributed by atoms with E-state index in [1.54, 1.807) is 13.8 Å². The molecule has 3 aromatic carbocycles. The summed E-state index contributed by atoms with van der Waals surface area (Å²) in [5.74, 6) is -0.560. The van der Waals surface area contributed by atoms with Crippen molar-refractivity contribution in [1.82, 2.24) is 14.5 Å². The molecule has 1 fully saturated rings. The third-order valence-electron chi connectivity index (χ3n) is 6.77. The lowest BCUT2D eigenvalue weighted by molar-refractivity contribution is -0.135. The van der Waals surface area contributed by atoms with E-state index in [1.807, 2.05) is 84.9 Å². The maximum atomic E-state index is 14.2. The molecule has 0 N–H and O–H groups in total. The van der Waals surface area contributed by atoms with Crippen LogP contribution < -0.4 is 0 Å². The molecule has 0 aliphatic carbocycles. The number of carbonyl (C=O) groups excluding carboxylic acids is 2. The molecule has 0 bridgehead atoms. The van der Waals surface area contributed by atoms with Gasteiger partial charge in [-0.3, -0.25) is 4.79 Å². The van der Waals surface area contributed by atoms with Crippen molar-refractivity contribution >= 4 is 17.8 Å². The summed E-state index contributed by atoms with van der Waals surface area (Å²) in [5, 5.41) is 2.89. The number of hydrogen-bond acceptors (Lipinski definition) is 6. The van der Waals surface area contributed by atoms with E-state index in [1.165, 1.54) is 17.1 Å². The molecule has 1 aliphatic rings. The molecule has 1 aliphatic heterocycles. The Balaban J connectivity index is 1.56. The van der Waals surface area contributed by atoms with Gasteiger partial charge in [-0.05, 0) is 41.3 Å². The normalized spacial score (nSPS) is 18.9. The number of ether oxygens (including phenoxy) is 1. The second-order valence-corrected chi connectivity index (χ2v) is 8.88. The first-order chi connectivity index (χ1) is 17.4. The van der Waals surface area contributed by atoms with Crippen LogP contribution in [0.2, 0.25) is 0 Å². The fourth-order valence-corrected chi connectivity index (χ4v) is 4.66. The van der Waals surface area contributed by atoms with Gasteiger partial charge in [0.15, 0.2) is 0 Å². The molecule has 2 amide bonds. The van der Waals surface area contributed by atoms with Gasteiger partial charge in [0.1, 0.15) is 11.6 Å². The highest BCUT2D eigenvalue weighted by molar-refractivity contribution is 5.99. The van der Waals surface area contributed by atoms with E-state index in [0.29, 0.717) is 5.56 Å². The van der Waals surface area contributed by atoms with Crippen molar-refractivity contribution in [1.29, 1.82) is 0 Å². The fourth-order valence-electron chi connectivity index (χ4n) is 4.66. The number of rotatable bonds is 6. The number of nitrogens with zero attached hydrogens (tertiary/aromatic N) is 4. The van der Waals surface area contributed by atoms with Gasteiger partial charge in [-0.1, -0.05) is 84.9 Å². The van der Waals surface area contributed by atoms with Gasteiger partial charge in [0.2, 0.25) is 5.82 Å². The van der Waals surface area contributed by atoms with Crippen LogP contribution in [-0.4, -0.2) is 32.5 Å². The number of nitroso groups, excluding NO2 is 1. The Morgan fingerprint density at radius 1 is 0.944 bits per heavy atom. The summed E-state index contributed by atoms with van der Waals surface area (Å²) in [6.07, 6.45) is 1.46. The monoisotopic (exact) mass is 480 g/mol. The summed E-state index contributed by atoms with van der Waals surface area (Å²) in [4.78, 5) is 43.5. The molecular weight excluding hydrogens is 456 g/mol. The zero-order valence-electron chi connectivity index (χ0n) is 19.8. The molecular formula is C28H24N4O4. The Hall–Kier alpha value is -4.59. The molecule has 36 heavy (non-hydrogen) atoms. The summed E-state index contributed by atoms with van der Waals surface area (Å²) in [6.45, 7) is 3.48. The number of hydrogen-bond donors (Lipinski definition) is 0. The first-order valence-corrected chi connectivity index (χ1v) is 11.6. The van der Waals surface area contributed by atoms with E-state index < -0.39 is 29.7 Å². The number of imide groups is 1. The van der Waals surface area contributed by atoms with E-state index in [-0.39, 0.29) is 5.82 Å². The van der Waals surface area contributed by atoms with Crippen LogP contribution in [0.1, 0.15) is 31.1 Å². The Morgan fingerprint density at radius 3 is 2.17 bits per heavy atom. The standard InChI is InChI=1S/C28H24N4O4/c1-19-25(22-11-7-4-8-12-22)36-27(34)32(19)26(33)28(2,31-17-24(30-35)29-18-31)23-15-13-21(14-16-23)20-9-5-3-6-10-20/h3-19,25H,1-2H3/t19-,25-,28?/m1/s1. The Morgan fingerprint density at radius 2 is 1.56 bits per heavy atom. The van der Waals surface area contributed by atoms with Crippen LogP contribution in [0.15, 0.2) is 103 Å². The number of amides is 2. The third-order valence-corrected chi connectivity index (χ3v) is 6.77. The number of carbonyl (C=O) groups is 2. The number of benzene rings is 3. The number of cyclic esters (lactones) is 1. The van der Waals surface area contributed by atoms with Crippen molar-refractivity contribution in [2.45, 2.75) is 31.5 Å². The zero-order valence-corrected chi connectivity index (χ0v) is 19.8. The van der Waals surface area contributed by atoms with Crippen molar-refractivity contribution in [3.05, 3.63) is 113 Å². The lowest BCUT2D eigenvalue weighted by Crippen LogP contribution is -2.52. The fraction of sp³-hybridized carbons (Fsp3) is 0.179. The highest BCUT2D eigenvalue weighted by Gasteiger charge is 2.50. The predicted molar refractivity (Wildman–Crippen MR) is 134 cm³/mol. The average molecular weight is 481 g/mol. The van der Waals surface area contributed by atoms with Crippen LogP contribution in [0.25, 0.3) is 11.1 Å². The van der Waals surface area contributed by atoms with Gasteiger partial charge in [0, 0.05) is 0 Å². The van der Waals surface area contributed by atoms with E-state index >= 15 is 0 Å². The average Bonchev–Trinajstić information content (AvgIpc) is 3.53. The summed E-state index contributed by atoms with van der Waals surface area (Å²) in [5.41, 5.74) is 2.04. The zero-order chi connectivity index (χ0) is 25.3. The quantitative estimate of drug-likeness (QED) is 0.324. The molecule has 0 radical (unpaired) electrons. The second kappa shape index (κ2) is 9.22. The highest BCUT2D eigenvalue weighted by Crippen LogP contribution is 2.38. The molecule has 8 heteroatoms. The van der Waals surface area contributed by atoms with Crippen LogP contribution in [0, 0.1) is 4.91 Å². The predicted octanol–water partition coefficient (Wildman–Crippen LogP) is 5.82. The van der Waals surface area contributed by atoms with Gasteiger partial charge < -0.3 is 9.30 Å². The van der Waals surface area contributed by atoms with Crippen LogP contribution in [0.5, 0.6) is 0 Å². The minimum Gasteiger partial charge on any atom is -0.439 e. The first-order valence-electron chi connectivity index (χ1n) is 11.6. The lowest BCUT2D eigenvalue weighted by Gasteiger charge is -2.34. The SMILES string of the molecule is C[C@@H]1[C@H](c2ccccc2)OC(=O)N1C(=O)C(C)(c1ccc(-c2ccccc2)cc1)n1cnc(N=O)c1. The Kier molecular flexibility index (Phi) is 5.93. The van der Waals surface area contributed by atoms with Gasteiger partial charge in [0.25, 0.3) is 5.91 Å². The Bertz CT molecular complexity index is 1400. The minimum atomic E-state index is -1.40. The Labute approximate surface area is 208 Å². The lowest BCUT2D eigenvalue weighted by atomic mass is 9.88. The van der Waals surface area contributed by atoms with Crippen LogP contribution in [0.4, 0.5) is 10.6 Å². The third kappa shape index (κ3) is 3.86. The van der Waals surface area contributed by atoms with Crippen molar-refractivity contribution < 1.29 is 14.3 Å². The first kappa shape index (κ1) is 23.2. The largest absolute Gasteiger partial charge is 0.439 e. The van der Waals surface area contributed by atoms with E-state index in [2.05, 4.69) is 10.2 Å². The van der Waals surface area contributed by atoms with E-state index in [4.69, 9.17) is 4.74 Å². The van der Waals surface area contributed by atoms with Crippen LogP contribution in [0.3, 0.4) is 0 Å².